The zero-order chi connectivity index (χ0) is 30.1. The molecule has 3 unspecified atom stereocenters. The first-order chi connectivity index (χ1) is 19.8. The van der Waals surface area contributed by atoms with Gasteiger partial charge in [-0.15, -0.1) is 0 Å². The maximum absolute atomic E-state index is 5.68. The van der Waals surface area contributed by atoms with Crippen molar-refractivity contribution < 1.29 is 21.7 Å². The Hall–Kier alpha value is -1.66. The summed E-state index contributed by atoms with van der Waals surface area (Å²) < 4.78 is 5.68. The molecular weight excluding hydrogens is 561 g/mol. The monoisotopic (exact) mass is 619 g/mol. The molecule has 0 bridgehead atoms. The molecule has 0 aromatic heterocycles. The van der Waals surface area contributed by atoms with E-state index in [9.17, 15) is 0 Å². The summed E-state index contributed by atoms with van der Waals surface area (Å²) in [5.41, 5.74) is 7.88. The van der Waals surface area contributed by atoms with Gasteiger partial charge in [0.15, 0.2) is 0 Å². The van der Waals surface area contributed by atoms with E-state index < -0.39 is 7.05 Å². The SMILES string of the molecule is C=C(C(=C)c1ccccc1)c1ccccc1.CCCCC(C)P(=NC1=CC=CC1)(C(C)CCCC)C(C)CCCC.[Ti]. The number of hydrogen-bond acceptors (Lipinski definition) is 1. The largest absolute Gasteiger partial charge is 0.271 e. The first kappa shape index (κ1) is 38.4. The molecule has 0 heterocycles. The van der Waals surface area contributed by atoms with Crippen molar-refractivity contribution in [2.45, 2.75) is 123 Å². The Morgan fingerprint density at radius 2 is 1.07 bits per heavy atom. The standard InChI is InChI=1S/C23H44NP.C16H14.Ti/c1-7-10-15-20(4)25(21(5)16-11-8-2,22(6)17-12-9-3)24-23-18-13-14-19-23;1-13(15-9-5-3-6-10-15)14(2)16-11-7-4-8-12-16;/h13-14,18,20-22H,7-12,15-17,19H2,1-6H3;3-12H,1-2H2;. The van der Waals surface area contributed by atoms with Gasteiger partial charge < -0.3 is 0 Å². The fraction of sp³-hybridized carbons (Fsp3) is 0.487. The van der Waals surface area contributed by atoms with E-state index in [-0.39, 0.29) is 21.7 Å². The normalized spacial score (nSPS) is 15.6. The Balaban J connectivity index is 0.000000446. The van der Waals surface area contributed by atoms with E-state index in [1.165, 1.54) is 63.5 Å². The van der Waals surface area contributed by atoms with Gasteiger partial charge in [0.25, 0.3) is 0 Å². The molecule has 0 N–H and O–H groups in total. The van der Waals surface area contributed by atoms with E-state index in [0.717, 1.165) is 45.7 Å². The fourth-order valence-corrected chi connectivity index (χ4v) is 11.7. The van der Waals surface area contributed by atoms with Crippen molar-refractivity contribution in [3.63, 3.8) is 0 Å². The van der Waals surface area contributed by atoms with Crippen molar-refractivity contribution in [1.82, 2.24) is 0 Å². The summed E-state index contributed by atoms with van der Waals surface area (Å²) in [7, 11) is -1.39. The third kappa shape index (κ3) is 11.4. The first-order valence-electron chi connectivity index (χ1n) is 16.3. The van der Waals surface area contributed by atoms with Gasteiger partial charge in [-0.3, -0.25) is 4.74 Å². The minimum absolute atomic E-state index is 0. The van der Waals surface area contributed by atoms with Crippen LogP contribution in [-0.4, -0.2) is 17.0 Å². The van der Waals surface area contributed by atoms with E-state index in [4.69, 9.17) is 4.74 Å². The van der Waals surface area contributed by atoms with E-state index in [1.54, 1.807) is 0 Å². The topological polar surface area (TPSA) is 12.4 Å². The van der Waals surface area contributed by atoms with E-state index >= 15 is 0 Å². The number of rotatable bonds is 16. The van der Waals surface area contributed by atoms with Crippen molar-refractivity contribution in [3.8, 4) is 0 Å². The molecule has 3 atom stereocenters. The molecule has 0 spiro atoms. The van der Waals surface area contributed by atoms with E-state index in [0.29, 0.717) is 0 Å². The second kappa shape index (κ2) is 21.1. The van der Waals surface area contributed by atoms with Crippen molar-refractivity contribution in [3.05, 3.63) is 109 Å². The van der Waals surface area contributed by atoms with Crippen LogP contribution in [-0.2, 0) is 21.7 Å². The molecule has 1 aliphatic carbocycles. The van der Waals surface area contributed by atoms with Gasteiger partial charge in [0, 0.05) is 33.8 Å². The van der Waals surface area contributed by atoms with Crippen molar-refractivity contribution in [2.75, 3.05) is 0 Å². The van der Waals surface area contributed by atoms with Crippen LogP contribution in [0.3, 0.4) is 0 Å². The number of unbranched alkanes of at least 4 members (excludes halogenated alkanes) is 3. The Kier molecular flexibility index (Phi) is 19.3. The van der Waals surface area contributed by atoms with E-state index in [1.807, 2.05) is 36.4 Å². The van der Waals surface area contributed by atoms with Gasteiger partial charge in [-0.05, 0) is 71.6 Å². The zero-order valence-corrected chi connectivity index (χ0v) is 30.1. The molecular formula is C39H58NPTi. The number of nitrogens with zero attached hydrogens (tertiary/aromatic N) is 1. The molecule has 0 amide bonds. The zero-order valence-electron chi connectivity index (χ0n) is 27.6. The van der Waals surface area contributed by atoms with Crippen LogP contribution in [0.2, 0.25) is 0 Å². The van der Waals surface area contributed by atoms with Crippen LogP contribution in [0.5, 0.6) is 0 Å². The van der Waals surface area contributed by atoms with E-state index in [2.05, 4.69) is 97.2 Å². The number of hydrogen-bond donors (Lipinski definition) is 0. The third-order valence-corrected chi connectivity index (χ3v) is 14.3. The minimum atomic E-state index is -1.39. The summed E-state index contributed by atoms with van der Waals surface area (Å²) in [6.07, 6.45) is 19.9. The van der Waals surface area contributed by atoms with Gasteiger partial charge >= 0.3 is 0 Å². The Morgan fingerprint density at radius 3 is 1.38 bits per heavy atom. The third-order valence-electron chi connectivity index (χ3n) is 8.71. The molecule has 0 saturated carbocycles. The summed E-state index contributed by atoms with van der Waals surface area (Å²) >= 11 is 0. The van der Waals surface area contributed by atoms with Crippen LogP contribution in [0, 0.1) is 0 Å². The quantitative estimate of drug-likeness (QED) is 0.101. The predicted octanol–water partition coefficient (Wildman–Crippen LogP) is 13.2. The molecule has 0 saturated heterocycles. The molecule has 1 aliphatic rings. The number of benzene rings is 2. The maximum Gasteiger partial charge on any atom is 0.0425 e. The molecule has 2 aromatic carbocycles. The summed E-state index contributed by atoms with van der Waals surface area (Å²) in [6, 6.07) is 20.3. The van der Waals surface area contributed by atoms with Crippen molar-refractivity contribution >= 4 is 18.2 Å². The first-order valence-corrected chi connectivity index (χ1v) is 18.2. The minimum Gasteiger partial charge on any atom is -0.271 e. The van der Waals surface area contributed by atoms with Gasteiger partial charge in [0.2, 0.25) is 0 Å². The van der Waals surface area contributed by atoms with Crippen LogP contribution >= 0.6 is 7.05 Å². The van der Waals surface area contributed by atoms with Gasteiger partial charge in [0.05, 0.1) is 0 Å². The average Bonchev–Trinajstić information content (AvgIpc) is 3.53. The summed E-state index contributed by atoms with van der Waals surface area (Å²) in [6.45, 7) is 22.8. The van der Waals surface area contributed by atoms with Crippen LogP contribution in [0.1, 0.15) is 117 Å². The molecule has 0 aliphatic heterocycles. The maximum atomic E-state index is 5.68. The molecule has 42 heavy (non-hydrogen) atoms. The summed E-state index contributed by atoms with van der Waals surface area (Å²) in [4.78, 5) is 0. The predicted molar refractivity (Wildman–Crippen MR) is 189 cm³/mol. The molecule has 3 heteroatoms. The molecule has 2 aromatic rings. The van der Waals surface area contributed by atoms with Crippen LogP contribution in [0.25, 0.3) is 11.1 Å². The second-order valence-electron chi connectivity index (χ2n) is 11.8. The Labute approximate surface area is 275 Å². The number of allylic oxidation sites excluding steroid dienone is 5. The van der Waals surface area contributed by atoms with Gasteiger partial charge in [-0.25, -0.2) is 0 Å². The molecule has 0 radical (unpaired) electrons. The van der Waals surface area contributed by atoms with Gasteiger partial charge in [0.1, 0.15) is 0 Å². The Bertz CT molecular complexity index is 1070. The second-order valence-corrected chi connectivity index (χ2v) is 16.3. The molecule has 228 valence electrons. The van der Waals surface area contributed by atoms with Gasteiger partial charge in [-0.2, -0.15) is 0 Å². The van der Waals surface area contributed by atoms with Gasteiger partial charge in [-0.1, -0.05) is 166 Å². The van der Waals surface area contributed by atoms with Crippen LogP contribution in [0.15, 0.2) is 102 Å². The molecule has 1 nitrogen and oxygen atoms in total. The fourth-order valence-electron chi connectivity index (χ4n) is 6.08. The summed E-state index contributed by atoms with van der Waals surface area (Å²) in [5.74, 6) is 0. The van der Waals surface area contributed by atoms with Crippen LogP contribution in [0.4, 0.5) is 0 Å². The Morgan fingerprint density at radius 1 is 0.690 bits per heavy atom. The van der Waals surface area contributed by atoms with Crippen molar-refractivity contribution in [2.24, 2.45) is 4.74 Å². The van der Waals surface area contributed by atoms with Crippen LogP contribution < -0.4 is 0 Å². The smallest absolute Gasteiger partial charge is 0.0425 e. The van der Waals surface area contributed by atoms with Crippen molar-refractivity contribution in [1.29, 1.82) is 0 Å². The summed E-state index contributed by atoms with van der Waals surface area (Å²) in [5, 5.41) is 0. The molecule has 0 fully saturated rings. The average molecular weight is 620 g/mol. The molecule has 3 rings (SSSR count).